The first-order valence-corrected chi connectivity index (χ1v) is 16.9. The fourth-order valence-electron chi connectivity index (χ4n) is 6.03. The summed E-state index contributed by atoms with van der Waals surface area (Å²) in [5.74, 6) is -1.28. The number of halogens is 6. The quantitative estimate of drug-likeness (QED) is 0.0692. The fourth-order valence-corrected chi connectivity index (χ4v) is 7.29. The largest absolute Gasteiger partial charge is 0.523 e. The van der Waals surface area contributed by atoms with Crippen LogP contribution in [0.2, 0.25) is 0 Å². The summed E-state index contributed by atoms with van der Waals surface area (Å²) in [4.78, 5) is 10.1. The van der Waals surface area contributed by atoms with Crippen LogP contribution in [0.15, 0.2) is 20.5 Å². The first kappa shape index (κ1) is 39.3. The van der Waals surface area contributed by atoms with E-state index in [4.69, 9.17) is 24.5 Å². The van der Waals surface area contributed by atoms with E-state index in [2.05, 4.69) is 48.5 Å². The molecule has 0 amide bonds. The molecule has 2 aliphatic carbocycles. The molecule has 10 atom stereocenters. The van der Waals surface area contributed by atoms with Gasteiger partial charge in [0.25, 0.3) is 0 Å². The zero-order valence-corrected chi connectivity index (χ0v) is 26.4. The van der Waals surface area contributed by atoms with Gasteiger partial charge in [-0.05, 0) is 41.4 Å². The van der Waals surface area contributed by atoms with Crippen molar-refractivity contribution in [3.63, 3.8) is 0 Å². The summed E-state index contributed by atoms with van der Waals surface area (Å²) in [5, 5.41) is 13.4. The summed E-state index contributed by atoms with van der Waals surface area (Å²) in [7, 11) is -13.6. The average Bonchev–Trinajstić information content (AvgIpc) is 3.38. The van der Waals surface area contributed by atoms with Gasteiger partial charge in [-0.2, -0.15) is 43.2 Å². The lowest BCUT2D eigenvalue weighted by atomic mass is 9.84. The molecule has 0 bridgehead atoms. The van der Waals surface area contributed by atoms with Crippen molar-refractivity contribution in [2.24, 2.45) is 20.5 Å². The van der Waals surface area contributed by atoms with Crippen LogP contribution in [0.4, 0.5) is 26.3 Å². The van der Waals surface area contributed by atoms with Crippen LogP contribution >= 0.6 is 0 Å². The van der Waals surface area contributed by atoms with Crippen LogP contribution in [0.5, 0.6) is 0 Å². The smallest absolute Gasteiger partial charge is 0.346 e. The highest BCUT2D eigenvalue weighted by atomic mass is 32.2. The second kappa shape index (κ2) is 15.0. The number of nitrogens with zero attached hydrogens (tertiary/aromatic N) is 12. The van der Waals surface area contributed by atoms with E-state index in [0.717, 1.165) is 6.42 Å². The van der Waals surface area contributed by atoms with E-state index in [0.29, 0.717) is 25.7 Å². The minimum atomic E-state index is -6.85. The summed E-state index contributed by atoms with van der Waals surface area (Å²) in [6.07, 6.45) is -12.7. The molecule has 22 nitrogen and oxygen atoms in total. The zero-order chi connectivity index (χ0) is 37.1. The molecule has 0 radical (unpaired) electrons. The van der Waals surface area contributed by atoms with E-state index in [9.17, 15) is 59.8 Å². The third kappa shape index (κ3) is 8.17. The maximum absolute atomic E-state index is 13.5. The molecule has 4 rings (SSSR count). The predicted molar refractivity (Wildman–Crippen MR) is 146 cm³/mol. The van der Waals surface area contributed by atoms with E-state index in [1.54, 1.807) is 0 Å². The number of alkyl halides is 6. The second-order valence-corrected chi connectivity index (χ2v) is 14.2. The Bertz CT molecular complexity index is 1690. The van der Waals surface area contributed by atoms with Gasteiger partial charge in [-0.1, -0.05) is 26.9 Å². The Morgan fingerprint density at radius 2 is 1.26 bits per heavy atom. The van der Waals surface area contributed by atoms with Gasteiger partial charge in [0.05, 0.1) is 36.9 Å². The minimum Gasteiger partial charge on any atom is -0.346 e. The Morgan fingerprint density at radius 1 is 0.720 bits per heavy atom. The highest BCUT2D eigenvalue weighted by Crippen LogP contribution is 2.48. The summed E-state index contributed by atoms with van der Waals surface area (Å²) < 4.78 is 161. The number of hydrogen-bond donors (Lipinski definition) is 0. The maximum Gasteiger partial charge on any atom is 0.523 e. The normalized spacial score (nSPS) is 34.3. The summed E-state index contributed by atoms with van der Waals surface area (Å²) >= 11 is 0. The highest BCUT2D eigenvalue weighted by Gasteiger charge is 2.62. The van der Waals surface area contributed by atoms with E-state index < -0.39 is 105 Å². The predicted octanol–water partition coefficient (Wildman–Crippen LogP) is 4.76. The standard InChI is InChI=1S/C20H24F6N12O10S2/c21-19(22,23)49(39,40)47-14-10(7-31-35-27)43-17(11(34-38-30)15(14)48-50(41,42)20(24,25)26)44-12-8(32-36-28)6-9(33-37-29)13-16(12)46-18(45-13)4-2-1-3-5-18/h8-17H,1-7H2/t8-,9+,10+,11+,12+,13-,14+,15+,16-,17+/m0/s1. The molecule has 4 fully saturated rings. The molecule has 2 saturated heterocycles. The molecule has 2 saturated carbocycles. The van der Waals surface area contributed by atoms with Crippen LogP contribution < -0.4 is 0 Å². The third-order valence-corrected chi connectivity index (χ3v) is 10.1. The van der Waals surface area contributed by atoms with Crippen molar-refractivity contribution in [1.82, 2.24) is 0 Å². The van der Waals surface area contributed by atoms with Crippen molar-refractivity contribution < 1.29 is 70.5 Å². The van der Waals surface area contributed by atoms with Gasteiger partial charge in [0, 0.05) is 32.5 Å². The van der Waals surface area contributed by atoms with E-state index in [1.165, 1.54) is 0 Å². The van der Waals surface area contributed by atoms with Gasteiger partial charge in [-0.3, -0.25) is 8.37 Å². The topological polar surface area (TPSA) is 319 Å². The maximum atomic E-state index is 13.5. The molecule has 30 heteroatoms. The van der Waals surface area contributed by atoms with Crippen LogP contribution in [0.1, 0.15) is 38.5 Å². The van der Waals surface area contributed by atoms with Gasteiger partial charge in [-0.15, -0.1) is 0 Å². The van der Waals surface area contributed by atoms with Gasteiger partial charge < -0.3 is 18.9 Å². The second-order valence-electron chi connectivity index (χ2n) is 11.1. The molecule has 2 aliphatic heterocycles. The molecule has 1 spiro atoms. The number of rotatable bonds is 11. The molecule has 2 heterocycles. The lowest BCUT2D eigenvalue weighted by Gasteiger charge is -2.46. The average molecular weight is 771 g/mol. The monoisotopic (exact) mass is 770 g/mol. The molecule has 0 unspecified atom stereocenters. The molecule has 0 aromatic carbocycles. The first-order chi connectivity index (χ1) is 23.3. The van der Waals surface area contributed by atoms with E-state index in [1.807, 2.05) is 0 Å². The van der Waals surface area contributed by atoms with Crippen LogP contribution in [-0.4, -0.2) is 101 Å². The molecular formula is C20H24F6N12O10S2. The van der Waals surface area contributed by atoms with Crippen molar-refractivity contribution in [3.05, 3.63) is 41.8 Å². The molecule has 278 valence electrons. The van der Waals surface area contributed by atoms with Gasteiger partial charge in [0.15, 0.2) is 12.1 Å². The van der Waals surface area contributed by atoms with Crippen molar-refractivity contribution >= 4 is 20.2 Å². The highest BCUT2D eigenvalue weighted by molar-refractivity contribution is 7.88. The third-order valence-electron chi connectivity index (χ3n) is 8.06. The van der Waals surface area contributed by atoms with Crippen LogP contribution in [-0.2, 0) is 47.5 Å². The number of ether oxygens (including phenoxy) is 4. The van der Waals surface area contributed by atoms with Gasteiger partial charge in [-0.25, -0.2) is 0 Å². The lowest BCUT2D eigenvalue weighted by Crippen LogP contribution is -2.64. The Balaban J connectivity index is 1.84. The SMILES string of the molecule is [N-]=[N+]=NC[C@H]1O[C@H](O[C@H]2[C@@H]3OC4(CCCCC4)O[C@H]3[C@H](N=[N+]=[N-])C[C@@H]2N=[N+]=[N-])[C@H](N=[N+]=[N-])[C@@H](OS(=O)(=O)C(F)(F)F)[C@@H]1OS(=O)(=O)C(F)(F)F. The first-order valence-electron chi connectivity index (χ1n) is 14.1. The van der Waals surface area contributed by atoms with Crippen molar-refractivity contribution in [3.8, 4) is 0 Å². The summed E-state index contributed by atoms with van der Waals surface area (Å²) in [5.41, 5.74) is 24.0. The van der Waals surface area contributed by atoms with E-state index >= 15 is 0 Å². The van der Waals surface area contributed by atoms with Crippen molar-refractivity contribution in [2.75, 3.05) is 6.54 Å². The Labute approximate surface area is 276 Å². The molecular weight excluding hydrogens is 746 g/mol. The van der Waals surface area contributed by atoms with Crippen LogP contribution in [0.25, 0.3) is 41.8 Å². The van der Waals surface area contributed by atoms with Gasteiger partial charge in [0.1, 0.15) is 24.4 Å². The van der Waals surface area contributed by atoms with Crippen LogP contribution in [0, 0.1) is 0 Å². The summed E-state index contributed by atoms with van der Waals surface area (Å²) in [6, 6.07) is -5.08. The minimum absolute atomic E-state index is 0.321. The van der Waals surface area contributed by atoms with Crippen LogP contribution in [0.3, 0.4) is 0 Å². The molecule has 0 N–H and O–H groups in total. The van der Waals surface area contributed by atoms with E-state index in [-0.39, 0.29) is 6.42 Å². The Kier molecular flexibility index (Phi) is 11.8. The zero-order valence-electron chi connectivity index (χ0n) is 24.8. The van der Waals surface area contributed by atoms with Gasteiger partial charge in [0.2, 0.25) is 0 Å². The molecule has 50 heavy (non-hydrogen) atoms. The fraction of sp³-hybridized carbons (Fsp3) is 1.00. The Morgan fingerprint density at radius 3 is 1.80 bits per heavy atom. The number of hydrogen-bond acceptors (Lipinski definition) is 14. The molecule has 4 aliphatic rings. The lowest BCUT2D eigenvalue weighted by molar-refractivity contribution is -0.281. The van der Waals surface area contributed by atoms with Crippen molar-refractivity contribution in [1.29, 1.82) is 0 Å². The van der Waals surface area contributed by atoms with Crippen molar-refractivity contribution in [2.45, 2.75) is 116 Å². The number of fused-ring (bicyclic) bond motifs is 1. The molecule has 0 aromatic rings. The molecule has 0 aromatic heterocycles. The number of azide groups is 4. The summed E-state index contributed by atoms with van der Waals surface area (Å²) in [6.45, 7) is -1.25. The Hall–Kier alpha value is -3.52. The van der Waals surface area contributed by atoms with Gasteiger partial charge >= 0.3 is 31.3 Å².